The molecule has 7 nitrogen and oxygen atoms in total. The van der Waals surface area contributed by atoms with Crippen LogP contribution in [0.25, 0.3) is 0 Å². The van der Waals surface area contributed by atoms with Crippen molar-refractivity contribution in [3.63, 3.8) is 0 Å². The molecule has 0 heterocycles. The van der Waals surface area contributed by atoms with E-state index in [-0.39, 0.29) is 19.3 Å². The Kier molecular flexibility index (Phi) is 12.4. The van der Waals surface area contributed by atoms with Crippen molar-refractivity contribution in [3.8, 4) is 0 Å². The summed E-state index contributed by atoms with van der Waals surface area (Å²) in [5.74, 6) is -3.52. The fourth-order valence-electron chi connectivity index (χ4n) is 4.13. The number of unbranched alkanes of at least 4 members (excludes halogenated alkanes) is 5. The van der Waals surface area contributed by atoms with Crippen molar-refractivity contribution >= 4 is 17.9 Å². The Morgan fingerprint density at radius 3 is 1.43 bits per heavy atom. The third-order valence-electron chi connectivity index (χ3n) is 5.47. The highest BCUT2D eigenvalue weighted by Crippen LogP contribution is 2.32. The van der Waals surface area contributed by atoms with Crippen LogP contribution in [0.15, 0.2) is 12.3 Å². The fourth-order valence-corrected chi connectivity index (χ4v) is 4.13. The minimum Gasteiger partial charge on any atom is -0.477 e. The molecule has 0 aliphatic rings. The molecule has 0 aliphatic carbocycles. The third kappa shape index (κ3) is 6.62. The van der Waals surface area contributed by atoms with Crippen molar-refractivity contribution in [2.45, 2.75) is 104 Å². The topological polar surface area (TPSA) is 112 Å². The molecule has 0 rings (SSSR count). The molecule has 0 saturated heterocycles. The number of nitrogens with zero attached hydrogens (tertiary/aromatic N) is 1. The summed E-state index contributed by atoms with van der Waals surface area (Å²) in [6, 6.07) is -3.42. The SMILES string of the molecule is CCCCCCC/C=C/[N+](C(CC)C(=O)O)(C(CC)C(=O)O)C(CC)C(=O)O. The molecule has 0 saturated carbocycles. The van der Waals surface area contributed by atoms with Gasteiger partial charge in [0.1, 0.15) is 0 Å². The summed E-state index contributed by atoms with van der Waals surface area (Å²) in [6.45, 7) is 7.12. The van der Waals surface area contributed by atoms with Crippen LogP contribution >= 0.6 is 0 Å². The predicted molar refractivity (Wildman–Crippen MR) is 108 cm³/mol. The van der Waals surface area contributed by atoms with Gasteiger partial charge in [0, 0.05) is 19.3 Å². The highest BCUT2D eigenvalue weighted by atomic mass is 16.4. The molecule has 0 spiro atoms. The lowest BCUT2D eigenvalue weighted by Crippen LogP contribution is -2.69. The van der Waals surface area contributed by atoms with Crippen molar-refractivity contribution in [2.24, 2.45) is 0 Å². The van der Waals surface area contributed by atoms with Crippen LogP contribution in [0.2, 0.25) is 0 Å². The zero-order valence-electron chi connectivity index (χ0n) is 17.8. The Morgan fingerprint density at radius 2 is 1.11 bits per heavy atom. The van der Waals surface area contributed by atoms with Gasteiger partial charge in [-0.3, -0.25) is 4.48 Å². The van der Waals surface area contributed by atoms with Crippen LogP contribution in [-0.2, 0) is 14.4 Å². The molecule has 0 bridgehead atoms. The number of hydrogen-bond donors (Lipinski definition) is 3. The maximum atomic E-state index is 12.0. The van der Waals surface area contributed by atoms with E-state index < -0.39 is 40.5 Å². The molecule has 28 heavy (non-hydrogen) atoms. The van der Waals surface area contributed by atoms with E-state index in [2.05, 4.69) is 6.92 Å². The number of hydrogen-bond acceptors (Lipinski definition) is 3. The number of carbonyl (C=O) groups is 3. The second kappa shape index (κ2) is 13.3. The highest BCUT2D eigenvalue weighted by molar-refractivity contribution is 5.78. The first-order valence-electron chi connectivity index (χ1n) is 10.5. The third-order valence-corrected chi connectivity index (χ3v) is 5.47. The number of allylic oxidation sites excluding steroid dienone is 1. The van der Waals surface area contributed by atoms with Gasteiger partial charge in [0.05, 0.1) is 6.20 Å². The van der Waals surface area contributed by atoms with Gasteiger partial charge in [-0.1, -0.05) is 53.4 Å². The molecule has 0 fully saturated rings. The Hall–Kier alpha value is -1.89. The lowest BCUT2D eigenvalue weighted by Gasteiger charge is -2.46. The van der Waals surface area contributed by atoms with Gasteiger partial charge in [0.25, 0.3) is 0 Å². The van der Waals surface area contributed by atoms with Gasteiger partial charge in [0.2, 0.25) is 0 Å². The number of carboxylic acids is 3. The van der Waals surface area contributed by atoms with E-state index in [0.29, 0.717) is 6.42 Å². The van der Waals surface area contributed by atoms with Crippen LogP contribution in [0.3, 0.4) is 0 Å². The van der Waals surface area contributed by atoms with E-state index in [1.165, 1.54) is 0 Å². The van der Waals surface area contributed by atoms with Gasteiger partial charge >= 0.3 is 17.9 Å². The van der Waals surface area contributed by atoms with Crippen LogP contribution < -0.4 is 0 Å². The molecule has 0 aliphatic heterocycles. The average molecular weight is 401 g/mol. The summed E-state index contributed by atoms with van der Waals surface area (Å²) in [7, 11) is 0. The first kappa shape index (κ1) is 26.1. The Bertz CT molecular complexity index is 476. The molecule has 0 amide bonds. The molecule has 0 aromatic heterocycles. The maximum Gasteiger partial charge on any atom is 0.362 e. The highest BCUT2D eigenvalue weighted by Gasteiger charge is 2.55. The molecule has 3 atom stereocenters. The first-order valence-corrected chi connectivity index (χ1v) is 10.5. The molecule has 0 radical (unpaired) electrons. The van der Waals surface area contributed by atoms with Crippen LogP contribution in [0, 0.1) is 0 Å². The van der Waals surface area contributed by atoms with Crippen LogP contribution in [-0.4, -0.2) is 55.8 Å². The Labute approximate surface area is 168 Å². The zero-order chi connectivity index (χ0) is 21.7. The van der Waals surface area contributed by atoms with Gasteiger partial charge in [-0.25, -0.2) is 14.4 Å². The summed E-state index contributed by atoms with van der Waals surface area (Å²) in [6.07, 6.45) is 9.82. The van der Waals surface area contributed by atoms with Crippen molar-refractivity contribution < 1.29 is 34.2 Å². The van der Waals surface area contributed by atoms with Gasteiger partial charge < -0.3 is 15.3 Å². The van der Waals surface area contributed by atoms with Gasteiger partial charge in [-0.2, -0.15) is 0 Å². The lowest BCUT2D eigenvalue weighted by molar-refractivity contribution is -0.927. The van der Waals surface area contributed by atoms with Crippen molar-refractivity contribution in [3.05, 3.63) is 12.3 Å². The van der Waals surface area contributed by atoms with Crippen molar-refractivity contribution in [1.29, 1.82) is 0 Å². The summed E-state index contributed by atoms with van der Waals surface area (Å²) < 4.78 is -0.585. The summed E-state index contributed by atoms with van der Waals surface area (Å²) in [5.41, 5.74) is 0. The van der Waals surface area contributed by atoms with E-state index >= 15 is 0 Å². The molecule has 7 heteroatoms. The monoisotopic (exact) mass is 400 g/mol. The van der Waals surface area contributed by atoms with E-state index in [9.17, 15) is 29.7 Å². The second-order valence-corrected chi connectivity index (χ2v) is 7.27. The largest absolute Gasteiger partial charge is 0.477 e. The molecule has 0 aromatic carbocycles. The molecular weight excluding hydrogens is 362 g/mol. The molecule has 162 valence electrons. The molecule has 0 aromatic rings. The summed E-state index contributed by atoms with van der Waals surface area (Å²) >= 11 is 0. The quantitative estimate of drug-likeness (QED) is 0.263. The van der Waals surface area contributed by atoms with Crippen molar-refractivity contribution in [1.82, 2.24) is 0 Å². The molecule has 3 unspecified atom stereocenters. The van der Waals surface area contributed by atoms with E-state index in [4.69, 9.17) is 0 Å². The minimum absolute atomic E-state index is 0.143. The number of carboxylic acid groups (broad SMARTS) is 3. The van der Waals surface area contributed by atoms with Crippen LogP contribution in [0.4, 0.5) is 0 Å². The van der Waals surface area contributed by atoms with Crippen LogP contribution in [0.5, 0.6) is 0 Å². The van der Waals surface area contributed by atoms with E-state index in [0.717, 1.165) is 32.1 Å². The fraction of sp³-hybridized carbons (Fsp3) is 0.762. The normalized spacial score (nSPS) is 17.0. The smallest absolute Gasteiger partial charge is 0.362 e. The lowest BCUT2D eigenvalue weighted by atomic mass is 9.95. The average Bonchev–Trinajstić information content (AvgIpc) is 2.61. The molecule has 3 N–H and O–H groups in total. The predicted octanol–water partition coefficient (Wildman–Crippen LogP) is 4.27. The minimum atomic E-state index is -1.17. The van der Waals surface area contributed by atoms with Gasteiger partial charge in [-0.05, 0) is 18.9 Å². The standard InChI is InChI=1S/C21H37NO6/c1-5-9-10-11-12-13-14-15-22(16(6-2)19(23)24,17(7-3)20(25)26)18(8-4)21(27)28/h14-18H,5-13H2,1-4H3,(H2-,23,24,25,26,27,28)/p+1/b15-14+. The Balaban J connectivity index is 6.13. The van der Waals surface area contributed by atoms with E-state index in [1.54, 1.807) is 33.0 Å². The van der Waals surface area contributed by atoms with Gasteiger partial charge in [0.15, 0.2) is 18.1 Å². The van der Waals surface area contributed by atoms with E-state index in [1.807, 2.05) is 0 Å². The van der Waals surface area contributed by atoms with Gasteiger partial charge in [-0.15, -0.1) is 0 Å². The zero-order valence-corrected chi connectivity index (χ0v) is 17.8. The summed E-state index contributed by atoms with van der Waals surface area (Å²) in [4.78, 5) is 36.1. The van der Waals surface area contributed by atoms with Crippen LogP contribution in [0.1, 0.15) is 85.5 Å². The number of quaternary nitrogens is 1. The number of rotatable bonds is 16. The Morgan fingerprint density at radius 1 is 0.714 bits per heavy atom. The molecular formula is C21H38NO6+. The van der Waals surface area contributed by atoms with Crippen molar-refractivity contribution in [2.75, 3.05) is 0 Å². The number of aliphatic carboxylic acids is 3. The maximum absolute atomic E-state index is 12.0. The summed E-state index contributed by atoms with van der Waals surface area (Å²) in [5, 5.41) is 29.5. The second-order valence-electron chi connectivity index (χ2n) is 7.27. The first-order chi connectivity index (χ1) is 13.2.